The fourth-order valence-electron chi connectivity index (χ4n) is 3.52. The van der Waals surface area contributed by atoms with Gasteiger partial charge in [-0.05, 0) is 36.4 Å². The van der Waals surface area contributed by atoms with Crippen LogP contribution in [0.25, 0.3) is 33.0 Å². The fourth-order valence-corrected chi connectivity index (χ4v) is 3.52. The summed E-state index contributed by atoms with van der Waals surface area (Å²) in [5, 5.41) is 2.00. The molecule has 1 aliphatic rings. The largest absolute Gasteiger partial charge is 0.354 e. The van der Waals surface area contributed by atoms with Crippen LogP contribution in [0.5, 0.6) is 0 Å². The van der Waals surface area contributed by atoms with E-state index in [4.69, 9.17) is 0 Å². The molecular weight excluding hydrogens is 324 g/mol. The molecule has 0 radical (unpaired) electrons. The Morgan fingerprint density at radius 2 is 1.00 bits per heavy atom. The normalized spacial score (nSPS) is 14.8. The summed E-state index contributed by atoms with van der Waals surface area (Å²) < 4.78 is 0. The first-order valence-electron chi connectivity index (χ1n) is 8.38. The molecule has 0 amide bonds. The van der Waals surface area contributed by atoms with Gasteiger partial charge in [0, 0.05) is 21.8 Å². The quantitative estimate of drug-likeness (QED) is 0.536. The van der Waals surface area contributed by atoms with Gasteiger partial charge in [0.2, 0.25) is 0 Å². The molecule has 0 unspecified atom stereocenters. The second-order valence-electron chi connectivity index (χ2n) is 6.35. The molecule has 26 heavy (non-hydrogen) atoms. The van der Waals surface area contributed by atoms with Crippen molar-refractivity contribution in [3.63, 3.8) is 0 Å². The molecule has 0 atom stereocenters. The Balaban J connectivity index is 1.79. The van der Waals surface area contributed by atoms with Crippen LogP contribution in [-0.2, 0) is 9.59 Å². The molecule has 0 bridgehead atoms. The van der Waals surface area contributed by atoms with Crippen molar-refractivity contribution in [2.24, 2.45) is 0 Å². The molecule has 0 aliphatic heterocycles. The third-order valence-corrected chi connectivity index (χ3v) is 4.73. The molecule has 0 saturated carbocycles. The van der Waals surface area contributed by atoms with Crippen molar-refractivity contribution < 1.29 is 9.59 Å². The number of aromatic nitrogens is 2. The van der Waals surface area contributed by atoms with Crippen LogP contribution < -0.4 is 0 Å². The van der Waals surface area contributed by atoms with Crippen molar-refractivity contribution in [2.45, 2.75) is 0 Å². The number of H-pyrrole nitrogens is 2. The number of rotatable bonds is 2. The van der Waals surface area contributed by atoms with E-state index in [1.165, 1.54) is 12.2 Å². The highest BCUT2D eigenvalue weighted by Gasteiger charge is 2.27. The third-order valence-electron chi connectivity index (χ3n) is 4.73. The van der Waals surface area contributed by atoms with Crippen LogP contribution in [-0.4, -0.2) is 21.5 Å². The van der Waals surface area contributed by atoms with Crippen LogP contribution in [0.3, 0.4) is 0 Å². The van der Waals surface area contributed by atoms with Crippen molar-refractivity contribution in [3.8, 4) is 0 Å². The maximum absolute atomic E-state index is 12.7. The number of allylic oxidation sites excluding steroid dienone is 4. The van der Waals surface area contributed by atoms with E-state index >= 15 is 0 Å². The maximum atomic E-state index is 12.7. The van der Waals surface area contributed by atoms with E-state index in [1.807, 2.05) is 60.7 Å². The number of fused-ring (bicyclic) bond motifs is 2. The summed E-state index contributed by atoms with van der Waals surface area (Å²) in [6.45, 7) is 0. The Hall–Kier alpha value is -3.66. The van der Waals surface area contributed by atoms with E-state index in [-0.39, 0.29) is 11.6 Å². The standard InChI is InChI=1S/C22H14N2O2/c25-19-9-10-20(26)22(18-12-14-6-2-4-8-16(14)24-18)21(19)17-11-13-5-1-3-7-15(13)23-17/h1-12,23-24H. The van der Waals surface area contributed by atoms with Crippen LogP contribution in [0, 0.1) is 0 Å². The molecule has 4 aromatic rings. The zero-order valence-electron chi connectivity index (χ0n) is 13.7. The topological polar surface area (TPSA) is 65.7 Å². The lowest BCUT2D eigenvalue weighted by Crippen LogP contribution is -2.13. The fraction of sp³-hybridized carbons (Fsp3) is 0. The van der Waals surface area contributed by atoms with E-state index in [0.717, 1.165) is 21.8 Å². The number of hydrogen-bond donors (Lipinski definition) is 2. The van der Waals surface area contributed by atoms with Gasteiger partial charge in [-0.25, -0.2) is 0 Å². The molecule has 4 nitrogen and oxygen atoms in total. The Morgan fingerprint density at radius 1 is 0.577 bits per heavy atom. The second kappa shape index (κ2) is 5.43. The first-order chi connectivity index (χ1) is 12.7. The molecule has 2 aromatic carbocycles. The molecule has 0 spiro atoms. The minimum Gasteiger partial charge on any atom is -0.354 e. The number of carbonyl (C=O) groups excluding carboxylic acids is 2. The third kappa shape index (κ3) is 2.16. The van der Waals surface area contributed by atoms with Gasteiger partial charge in [0.05, 0.1) is 22.5 Å². The summed E-state index contributed by atoms with van der Waals surface area (Å²) >= 11 is 0. The van der Waals surface area contributed by atoms with E-state index in [1.54, 1.807) is 0 Å². The molecule has 2 N–H and O–H groups in total. The van der Waals surface area contributed by atoms with Gasteiger partial charge in [-0.15, -0.1) is 0 Å². The van der Waals surface area contributed by atoms with Gasteiger partial charge < -0.3 is 9.97 Å². The minimum absolute atomic E-state index is 0.176. The Labute approximate surface area is 148 Å². The van der Waals surface area contributed by atoms with Crippen LogP contribution in [0.2, 0.25) is 0 Å². The van der Waals surface area contributed by atoms with Crippen molar-refractivity contribution in [3.05, 3.63) is 84.2 Å². The van der Waals surface area contributed by atoms with Crippen LogP contribution in [0.15, 0.2) is 72.8 Å². The van der Waals surface area contributed by atoms with Crippen molar-refractivity contribution in [1.82, 2.24) is 9.97 Å². The van der Waals surface area contributed by atoms with E-state index in [2.05, 4.69) is 9.97 Å². The zero-order chi connectivity index (χ0) is 17.7. The minimum atomic E-state index is -0.176. The van der Waals surface area contributed by atoms with E-state index < -0.39 is 0 Å². The number of aromatic amines is 2. The Kier molecular flexibility index (Phi) is 3.06. The SMILES string of the molecule is O=C1C=CC(=O)C(c2cc3ccccc3[nH]2)=C1c1cc2ccccc2[nH]1. The number of carbonyl (C=O) groups is 2. The monoisotopic (exact) mass is 338 g/mol. The van der Waals surface area contributed by atoms with Gasteiger partial charge in [-0.2, -0.15) is 0 Å². The van der Waals surface area contributed by atoms with Crippen molar-refractivity contribution in [2.75, 3.05) is 0 Å². The lowest BCUT2D eigenvalue weighted by atomic mass is 9.90. The summed E-state index contributed by atoms with van der Waals surface area (Å²) in [6, 6.07) is 19.4. The number of nitrogens with one attached hydrogen (secondary N) is 2. The molecular formula is C22H14N2O2. The van der Waals surface area contributed by atoms with Gasteiger partial charge in [0.25, 0.3) is 0 Å². The molecule has 124 valence electrons. The molecule has 0 saturated heterocycles. The predicted octanol–water partition coefficient (Wildman–Crippen LogP) is 4.27. The lowest BCUT2D eigenvalue weighted by molar-refractivity contribution is -0.112. The highest BCUT2D eigenvalue weighted by atomic mass is 16.1. The van der Waals surface area contributed by atoms with Gasteiger partial charge in [-0.1, -0.05) is 36.4 Å². The van der Waals surface area contributed by atoms with Gasteiger partial charge in [-0.3, -0.25) is 9.59 Å². The summed E-state index contributed by atoms with van der Waals surface area (Å²) in [7, 11) is 0. The number of hydrogen-bond acceptors (Lipinski definition) is 2. The average molecular weight is 338 g/mol. The van der Waals surface area contributed by atoms with E-state index in [0.29, 0.717) is 22.5 Å². The van der Waals surface area contributed by atoms with Gasteiger partial charge in [0.1, 0.15) is 0 Å². The number of para-hydroxylation sites is 2. The molecule has 0 fully saturated rings. The van der Waals surface area contributed by atoms with E-state index in [9.17, 15) is 9.59 Å². The zero-order valence-corrected chi connectivity index (χ0v) is 13.7. The van der Waals surface area contributed by atoms with Crippen LogP contribution in [0.1, 0.15) is 11.4 Å². The first-order valence-corrected chi connectivity index (χ1v) is 8.38. The highest BCUT2D eigenvalue weighted by Crippen LogP contribution is 2.33. The first kappa shape index (κ1) is 14.7. The van der Waals surface area contributed by atoms with Gasteiger partial charge >= 0.3 is 0 Å². The van der Waals surface area contributed by atoms with Crippen LogP contribution >= 0.6 is 0 Å². The Morgan fingerprint density at radius 3 is 1.42 bits per heavy atom. The Bertz CT molecular complexity index is 1100. The smallest absolute Gasteiger partial charge is 0.188 e. The predicted molar refractivity (Wildman–Crippen MR) is 103 cm³/mol. The second-order valence-corrected chi connectivity index (χ2v) is 6.35. The highest BCUT2D eigenvalue weighted by molar-refractivity contribution is 6.48. The molecule has 1 aliphatic carbocycles. The summed E-state index contributed by atoms with van der Waals surface area (Å²) in [6.07, 6.45) is 2.69. The summed E-state index contributed by atoms with van der Waals surface area (Å²) in [4.78, 5) is 31.9. The van der Waals surface area contributed by atoms with Crippen molar-refractivity contribution in [1.29, 1.82) is 0 Å². The molecule has 5 rings (SSSR count). The maximum Gasteiger partial charge on any atom is 0.188 e. The van der Waals surface area contributed by atoms with Crippen LogP contribution in [0.4, 0.5) is 0 Å². The van der Waals surface area contributed by atoms with Crippen molar-refractivity contribution >= 4 is 44.5 Å². The van der Waals surface area contributed by atoms with Gasteiger partial charge in [0.15, 0.2) is 11.6 Å². The average Bonchev–Trinajstić information content (AvgIpc) is 3.26. The number of ketones is 2. The molecule has 4 heteroatoms. The summed E-state index contributed by atoms with van der Waals surface area (Å²) in [5.41, 5.74) is 3.98. The molecule has 2 heterocycles. The summed E-state index contributed by atoms with van der Waals surface area (Å²) in [5.74, 6) is -0.352. The number of benzene rings is 2. The lowest BCUT2D eigenvalue weighted by Gasteiger charge is -2.13. The molecule has 2 aromatic heterocycles.